The molecule has 0 bridgehead atoms. The Morgan fingerprint density at radius 1 is 1.33 bits per heavy atom. The van der Waals surface area contributed by atoms with E-state index in [2.05, 4.69) is 17.2 Å². The van der Waals surface area contributed by atoms with Crippen molar-refractivity contribution in [1.29, 1.82) is 0 Å². The molecule has 0 aliphatic carbocycles. The van der Waals surface area contributed by atoms with Crippen molar-refractivity contribution in [3.8, 4) is 10.6 Å². The number of benzene rings is 1. The summed E-state index contributed by atoms with van der Waals surface area (Å²) in [4.78, 5) is 4.49. The Morgan fingerprint density at radius 3 is 2.83 bits per heavy atom. The van der Waals surface area contributed by atoms with E-state index in [9.17, 15) is 4.39 Å². The minimum atomic E-state index is -0.221. The second-order valence-corrected chi connectivity index (χ2v) is 4.65. The highest BCUT2D eigenvalue weighted by Gasteiger charge is 2.02. The van der Waals surface area contributed by atoms with E-state index in [1.165, 1.54) is 12.1 Å². The van der Waals surface area contributed by atoms with Gasteiger partial charge in [-0.05, 0) is 36.9 Å². The van der Waals surface area contributed by atoms with Crippen molar-refractivity contribution in [3.63, 3.8) is 0 Å². The van der Waals surface area contributed by atoms with Crippen LogP contribution in [0, 0.1) is 5.82 Å². The molecule has 1 aromatic heterocycles. The average molecular weight is 262 g/mol. The van der Waals surface area contributed by atoms with Crippen LogP contribution in [-0.2, 0) is 0 Å². The normalized spacial score (nSPS) is 11.2. The summed E-state index contributed by atoms with van der Waals surface area (Å²) in [5.41, 5.74) is 1.89. The predicted molar refractivity (Wildman–Crippen MR) is 75.1 cm³/mol. The summed E-state index contributed by atoms with van der Waals surface area (Å²) in [7, 11) is 0. The van der Waals surface area contributed by atoms with Crippen molar-refractivity contribution in [1.82, 2.24) is 10.3 Å². The molecule has 1 aromatic carbocycles. The maximum Gasteiger partial charge on any atom is 0.124 e. The molecule has 0 atom stereocenters. The fourth-order valence-electron chi connectivity index (χ4n) is 1.50. The van der Waals surface area contributed by atoms with Crippen molar-refractivity contribution in [3.05, 3.63) is 47.2 Å². The number of halogens is 1. The number of hydrogen-bond acceptors (Lipinski definition) is 3. The summed E-state index contributed by atoms with van der Waals surface area (Å²) < 4.78 is 12.8. The van der Waals surface area contributed by atoms with E-state index >= 15 is 0 Å². The zero-order valence-electron chi connectivity index (χ0n) is 10.2. The SMILES string of the molecule is CCNCC=Cc1csc(-c2ccc(F)cc2)n1. The van der Waals surface area contributed by atoms with Gasteiger partial charge in [0.2, 0.25) is 0 Å². The van der Waals surface area contributed by atoms with Crippen molar-refractivity contribution in [2.75, 3.05) is 13.1 Å². The Morgan fingerprint density at radius 2 is 2.11 bits per heavy atom. The molecule has 0 radical (unpaired) electrons. The Bertz CT molecular complexity index is 517. The van der Waals surface area contributed by atoms with Crippen LogP contribution in [0.2, 0.25) is 0 Å². The van der Waals surface area contributed by atoms with Crippen molar-refractivity contribution in [2.24, 2.45) is 0 Å². The van der Waals surface area contributed by atoms with Crippen LogP contribution in [0.25, 0.3) is 16.6 Å². The lowest BCUT2D eigenvalue weighted by atomic mass is 10.2. The topological polar surface area (TPSA) is 24.9 Å². The van der Waals surface area contributed by atoms with Crippen LogP contribution >= 0.6 is 11.3 Å². The third-order valence-corrected chi connectivity index (χ3v) is 3.32. The van der Waals surface area contributed by atoms with E-state index in [0.29, 0.717) is 0 Å². The largest absolute Gasteiger partial charge is 0.314 e. The van der Waals surface area contributed by atoms with Gasteiger partial charge in [-0.3, -0.25) is 0 Å². The fourth-order valence-corrected chi connectivity index (χ4v) is 2.29. The second kappa shape index (κ2) is 6.42. The Labute approximate surface area is 110 Å². The maximum absolute atomic E-state index is 12.8. The quantitative estimate of drug-likeness (QED) is 0.833. The first-order valence-electron chi connectivity index (χ1n) is 5.88. The van der Waals surface area contributed by atoms with E-state index in [-0.39, 0.29) is 5.82 Å². The summed E-state index contributed by atoms with van der Waals surface area (Å²) in [6, 6.07) is 6.41. The van der Waals surface area contributed by atoms with Crippen molar-refractivity contribution < 1.29 is 4.39 Å². The number of hydrogen-bond donors (Lipinski definition) is 1. The molecule has 2 nitrogen and oxygen atoms in total. The minimum absolute atomic E-state index is 0.221. The van der Waals surface area contributed by atoms with Crippen LogP contribution in [0.5, 0.6) is 0 Å². The molecule has 0 aliphatic rings. The summed E-state index contributed by atoms with van der Waals surface area (Å²) in [5.74, 6) is -0.221. The van der Waals surface area contributed by atoms with Crippen LogP contribution in [0.3, 0.4) is 0 Å². The Balaban J connectivity index is 2.06. The van der Waals surface area contributed by atoms with Gasteiger partial charge in [-0.15, -0.1) is 11.3 Å². The number of thiazole rings is 1. The molecule has 1 heterocycles. The van der Waals surface area contributed by atoms with E-state index in [1.807, 2.05) is 17.5 Å². The van der Waals surface area contributed by atoms with Crippen molar-refractivity contribution >= 4 is 17.4 Å². The zero-order chi connectivity index (χ0) is 12.8. The molecule has 18 heavy (non-hydrogen) atoms. The third-order valence-electron chi connectivity index (χ3n) is 2.41. The summed E-state index contributed by atoms with van der Waals surface area (Å²) in [6.45, 7) is 3.88. The molecule has 2 rings (SSSR count). The molecule has 0 fully saturated rings. The van der Waals surface area contributed by atoms with Crippen molar-refractivity contribution in [2.45, 2.75) is 6.92 Å². The number of rotatable bonds is 5. The molecule has 0 spiro atoms. The molecular weight excluding hydrogens is 247 g/mol. The number of likely N-dealkylation sites (N-methyl/N-ethyl adjacent to an activating group) is 1. The molecule has 0 unspecified atom stereocenters. The monoisotopic (exact) mass is 262 g/mol. The first-order chi connectivity index (χ1) is 8.79. The van der Waals surface area contributed by atoms with Gasteiger partial charge in [0, 0.05) is 17.5 Å². The Hall–Kier alpha value is -1.52. The summed E-state index contributed by atoms with van der Waals surface area (Å²) in [6.07, 6.45) is 4.04. The number of nitrogens with one attached hydrogen (secondary N) is 1. The molecule has 0 aliphatic heterocycles. The first kappa shape index (κ1) is 12.9. The van der Waals surface area contributed by atoms with Gasteiger partial charge in [-0.1, -0.05) is 13.0 Å². The van der Waals surface area contributed by atoms with E-state index < -0.39 is 0 Å². The van der Waals surface area contributed by atoms with Gasteiger partial charge in [-0.2, -0.15) is 0 Å². The average Bonchev–Trinajstić information content (AvgIpc) is 2.84. The standard InChI is InChI=1S/C14H15FN2S/c1-2-16-9-3-4-13-10-18-14(17-13)11-5-7-12(15)8-6-11/h3-8,10,16H,2,9H2,1H3. The molecule has 0 amide bonds. The fraction of sp³-hybridized carbons (Fsp3) is 0.214. The van der Waals surface area contributed by atoms with E-state index in [4.69, 9.17) is 0 Å². The lowest BCUT2D eigenvalue weighted by molar-refractivity contribution is 0.628. The zero-order valence-corrected chi connectivity index (χ0v) is 11.0. The summed E-state index contributed by atoms with van der Waals surface area (Å²) >= 11 is 1.57. The second-order valence-electron chi connectivity index (χ2n) is 3.79. The molecule has 94 valence electrons. The van der Waals surface area contributed by atoms with Gasteiger partial charge in [0.05, 0.1) is 5.69 Å². The third kappa shape index (κ3) is 3.48. The van der Waals surface area contributed by atoms with Gasteiger partial charge in [-0.25, -0.2) is 9.37 Å². The molecule has 0 saturated carbocycles. The van der Waals surface area contributed by atoms with Gasteiger partial charge in [0.1, 0.15) is 10.8 Å². The minimum Gasteiger partial charge on any atom is -0.314 e. The number of aromatic nitrogens is 1. The van der Waals surface area contributed by atoms with E-state index in [0.717, 1.165) is 29.4 Å². The lowest BCUT2D eigenvalue weighted by Crippen LogP contribution is -2.11. The van der Waals surface area contributed by atoms with Crippen LogP contribution < -0.4 is 5.32 Å². The highest BCUT2D eigenvalue weighted by Crippen LogP contribution is 2.24. The molecule has 0 saturated heterocycles. The molecule has 2 aromatic rings. The highest BCUT2D eigenvalue weighted by molar-refractivity contribution is 7.13. The van der Waals surface area contributed by atoms with Gasteiger partial charge in [0.25, 0.3) is 0 Å². The lowest BCUT2D eigenvalue weighted by Gasteiger charge is -1.94. The van der Waals surface area contributed by atoms with Gasteiger partial charge < -0.3 is 5.32 Å². The molecule has 4 heteroatoms. The molecular formula is C14H15FN2S. The Kier molecular flexibility index (Phi) is 4.61. The van der Waals surface area contributed by atoms with Gasteiger partial charge >= 0.3 is 0 Å². The first-order valence-corrected chi connectivity index (χ1v) is 6.76. The van der Waals surface area contributed by atoms with Crippen LogP contribution in [-0.4, -0.2) is 18.1 Å². The summed E-state index contributed by atoms with van der Waals surface area (Å²) in [5, 5.41) is 6.13. The highest BCUT2D eigenvalue weighted by atomic mass is 32.1. The van der Waals surface area contributed by atoms with Crippen LogP contribution in [0.1, 0.15) is 12.6 Å². The maximum atomic E-state index is 12.8. The van der Waals surface area contributed by atoms with Gasteiger partial charge in [0.15, 0.2) is 0 Å². The predicted octanol–water partition coefficient (Wildman–Crippen LogP) is 3.57. The molecule has 1 N–H and O–H groups in total. The van der Waals surface area contributed by atoms with Crippen LogP contribution in [0.4, 0.5) is 4.39 Å². The number of nitrogens with zero attached hydrogens (tertiary/aromatic N) is 1. The van der Waals surface area contributed by atoms with Crippen LogP contribution in [0.15, 0.2) is 35.7 Å². The smallest absolute Gasteiger partial charge is 0.124 e. The van der Waals surface area contributed by atoms with E-state index in [1.54, 1.807) is 23.5 Å².